The van der Waals surface area contributed by atoms with E-state index in [2.05, 4.69) is 38.5 Å². The molecule has 3 aromatic rings. The summed E-state index contributed by atoms with van der Waals surface area (Å²) in [5.74, 6) is 0. The van der Waals surface area contributed by atoms with E-state index < -0.39 is 10.0 Å². The van der Waals surface area contributed by atoms with Crippen LogP contribution in [0, 0.1) is 3.57 Å². The third-order valence-corrected chi connectivity index (χ3v) is 6.02. The van der Waals surface area contributed by atoms with Gasteiger partial charge in [0.25, 0.3) is 10.0 Å². The van der Waals surface area contributed by atoms with Gasteiger partial charge in [0.1, 0.15) is 0 Å². The first-order valence-corrected chi connectivity index (χ1v) is 9.08. The third kappa shape index (κ3) is 2.29. The molecule has 0 saturated heterocycles. The number of rotatable bonds is 2. The maximum atomic E-state index is 12.7. The molecule has 0 fully saturated rings. The summed E-state index contributed by atoms with van der Waals surface area (Å²) in [6, 6.07) is 14.0. The van der Waals surface area contributed by atoms with Gasteiger partial charge >= 0.3 is 0 Å². The van der Waals surface area contributed by atoms with Crippen molar-refractivity contribution in [2.24, 2.45) is 0 Å². The number of aromatic nitrogens is 1. The third-order valence-electron chi connectivity index (χ3n) is 2.98. The Bertz CT molecular complexity index is 888. The number of nitrogens with zero attached hydrogens (tertiary/aromatic N) is 1. The lowest BCUT2D eigenvalue weighted by Gasteiger charge is -2.07. The van der Waals surface area contributed by atoms with Gasteiger partial charge in [-0.3, -0.25) is 0 Å². The zero-order chi connectivity index (χ0) is 14.3. The predicted molar refractivity (Wildman–Crippen MR) is 91.4 cm³/mol. The Morgan fingerprint density at radius 3 is 2.45 bits per heavy atom. The van der Waals surface area contributed by atoms with Crippen molar-refractivity contribution in [2.75, 3.05) is 0 Å². The molecule has 0 amide bonds. The molecule has 0 saturated carbocycles. The molecule has 0 bridgehead atoms. The molecule has 0 aliphatic rings. The van der Waals surface area contributed by atoms with Crippen LogP contribution < -0.4 is 0 Å². The monoisotopic (exact) mass is 461 g/mol. The summed E-state index contributed by atoms with van der Waals surface area (Å²) in [5, 5.41) is 0.916. The highest BCUT2D eigenvalue weighted by Gasteiger charge is 2.20. The Morgan fingerprint density at radius 1 is 1.05 bits per heavy atom. The molecule has 3 nitrogen and oxygen atoms in total. The highest BCUT2D eigenvalue weighted by molar-refractivity contribution is 14.1. The molecule has 1 heterocycles. The molecule has 0 radical (unpaired) electrons. The van der Waals surface area contributed by atoms with Crippen molar-refractivity contribution >= 4 is 59.4 Å². The average molecular weight is 462 g/mol. The minimum absolute atomic E-state index is 0.288. The number of fused-ring (bicyclic) bond motifs is 1. The maximum absolute atomic E-state index is 12.7. The van der Waals surface area contributed by atoms with Gasteiger partial charge in [0.15, 0.2) is 0 Å². The summed E-state index contributed by atoms with van der Waals surface area (Å²) >= 11 is 5.56. The summed E-state index contributed by atoms with van der Waals surface area (Å²) in [6.45, 7) is 0. The molecule has 0 N–H and O–H groups in total. The van der Waals surface area contributed by atoms with Crippen LogP contribution in [0.15, 0.2) is 64.1 Å². The zero-order valence-electron chi connectivity index (χ0n) is 10.1. The smallest absolute Gasteiger partial charge is 0.240 e. The Morgan fingerprint density at radius 2 is 1.75 bits per heavy atom. The second kappa shape index (κ2) is 5.16. The summed E-state index contributed by atoms with van der Waals surface area (Å²) in [7, 11) is -3.56. The summed E-state index contributed by atoms with van der Waals surface area (Å²) in [4.78, 5) is 0.288. The van der Waals surface area contributed by atoms with Crippen LogP contribution in [0.3, 0.4) is 0 Å². The van der Waals surface area contributed by atoms with Gasteiger partial charge in [-0.05, 0) is 52.9 Å². The second-order valence-electron chi connectivity index (χ2n) is 4.25. The minimum atomic E-state index is -3.56. The van der Waals surface area contributed by atoms with Crippen molar-refractivity contribution in [2.45, 2.75) is 4.90 Å². The second-order valence-corrected chi connectivity index (χ2v) is 8.15. The van der Waals surface area contributed by atoms with Gasteiger partial charge in [0.2, 0.25) is 0 Å². The molecule has 20 heavy (non-hydrogen) atoms. The molecule has 0 aliphatic heterocycles. The van der Waals surface area contributed by atoms with E-state index in [1.54, 1.807) is 36.5 Å². The van der Waals surface area contributed by atoms with E-state index in [0.29, 0.717) is 5.52 Å². The van der Waals surface area contributed by atoms with Crippen molar-refractivity contribution in [1.29, 1.82) is 0 Å². The standard InChI is InChI=1S/C14H9BrINO2S/c15-10-6-7-14-12(8-10)13(16)9-17(14)20(18,19)11-4-2-1-3-5-11/h1-9H. The molecule has 0 spiro atoms. The quantitative estimate of drug-likeness (QED) is 0.535. The first kappa shape index (κ1) is 14.1. The Kier molecular flexibility index (Phi) is 3.64. The highest BCUT2D eigenvalue weighted by Crippen LogP contribution is 2.29. The molecule has 0 atom stereocenters. The van der Waals surface area contributed by atoms with Gasteiger partial charge in [-0.25, -0.2) is 12.4 Å². The predicted octanol–water partition coefficient (Wildman–Crippen LogP) is 4.25. The van der Waals surface area contributed by atoms with E-state index in [-0.39, 0.29) is 4.90 Å². The first-order valence-electron chi connectivity index (χ1n) is 5.77. The SMILES string of the molecule is O=S(=O)(c1ccccc1)n1cc(I)c2cc(Br)ccc21. The van der Waals surface area contributed by atoms with E-state index in [1.165, 1.54) is 3.97 Å². The van der Waals surface area contributed by atoms with E-state index in [9.17, 15) is 8.42 Å². The van der Waals surface area contributed by atoms with Crippen LogP contribution in [0.4, 0.5) is 0 Å². The van der Waals surface area contributed by atoms with Gasteiger partial charge in [-0.1, -0.05) is 34.1 Å². The van der Waals surface area contributed by atoms with Crippen LogP contribution >= 0.6 is 38.5 Å². The number of hydrogen-bond donors (Lipinski definition) is 0. The van der Waals surface area contributed by atoms with Gasteiger partial charge in [-0.15, -0.1) is 0 Å². The van der Waals surface area contributed by atoms with Gasteiger partial charge in [-0.2, -0.15) is 0 Å². The van der Waals surface area contributed by atoms with Gasteiger partial charge < -0.3 is 0 Å². The fourth-order valence-electron chi connectivity index (χ4n) is 2.04. The molecule has 102 valence electrons. The van der Waals surface area contributed by atoms with Crippen LogP contribution in [0.25, 0.3) is 10.9 Å². The molecule has 2 aromatic carbocycles. The average Bonchev–Trinajstić information content (AvgIpc) is 2.77. The molecule has 1 aromatic heterocycles. The molecule has 3 rings (SSSR count). The fourth-order valence-corrected chi connectivity index (χ4v) is 4.69. The maximum Gasteiger partial charge on any atom is 0.268 e. The highest BCUT2D eigenvalue weighted by atomic mass is 127. The molecule has 6 heteroatoms. The summed E-state index contributed by atoms with van der Waals surface area (Å²) in [6.07, 6.45) is 1.65. The Hall–Kier alpha value is -0.860. The molecule has 0 unspecified atom stereocenters. The number of hydrogen-bond acceptors (Lipinski definition) is 2. The van der Waals surface area contributed by atoms with E-state index in [1.807, 2.05) is 18.2 Å². The lowest BCUT2D eigenvalue weighted by molar-refractivity contribution is 0.589. The number of halogens is 2. The van der Waals surface area contributed by atoms with Crippen LogP contribution in [0.2, 0.25) is 0 Å². The first-order chi connectivity index (χ1) is 9.50. The van der Waals surface area contributed by atoms with Crippen molar-refractivity contribution in [3.63, 3.8) is 0 Å². The Labute approximate surface area is 138 Å². The van der Waals surface area contributed by atoms with Crippen molar-refractivity contribution in [3.05, 3.63) is 62.8 Å². The van der Waals surface area contributed by atoms with Crippen LogP contribution in [0.5, 0.6) is 0 Å². The number of benzene rings is 2. The summed E-state index contributed by atoms with van der Waals surface area (Å²) < 4.78 is 28.6. The van der Waals surface area contributed by atoms with Crippen molar-refractivity contribution in [1.82, 2.24) is 3.97 Å². The van der Waals surface area contributed by atoms with E-state index in [4.69, 9.17) is 0 Å². The van der Waals surface area contributed by atoms with Gasteiger partial charge in [0.05, 0.1) is 10.4 Å². The van der Waals surface area contributed by atoms with Gasteiger partial charge in [0, 0.05) is 19.6 Å². The van der Waals surface area contributed by atoms with Crippen LogP contribution in [-0.4, -0.2) is 12.4 Å². The van der Waals surface area contributed by atoms with E-state index >= 15 is 0 Å². The normalized spacial score (nSPS) is 11.9. The topological polar surface area (TPSA) is 39.1 Å². The van der Waals surface area contributed by atoms with Crippen molar-refractivity contribution in [3.8, 4) is 0 Å². The Balaban J connectivity index is 2.31. The molecular formula is C14H9BrINO2S. The molecule has 0 aliphatic carbocycles. The summed E-state index contributed by atoms with van der Waals surface area (Å²) in [5.41, 5.74) is 0.682. The van der Waals surface area contributed by atoms with Crippen LogP contribution in [0.1, 0.15) is 0 Å². The largest absolute Gasteiger partial charge is 0.268 e. The van der Waals surface area contributed by atoms with E-state index in [0.717, 1.165) is 13.4 Å². The fraction of sp³-hybridized carbons (Fsp3) is 0. The molecular weight excluding hydrogens is 453 g/mol. The minimum Gasteiger partial charge on any atom is -0.240 e. The zero-order valence-corrected chi connectivity index (χ0v) is 14.7. The van der Waals surface area contributed by atoms with Crippen molar-refractivity contribution < 1.29 is 8.42 Å². The lowest BCUT2D eigenvalue weighted by Crippen LogP contribution is -2.11. The van der Waals surface area contributed by atoms with Crippen LogP contribution in [-0.2, 0) is 10.0 Å². The lowest BCUT2D eigenvalue weighted by atomic mass is 10.3.